The van der Waals surface area contributed by atoms with Crippen LogP contribution in [0.4, 0.5) is 0 Å². The maximum Gasteiger partial charge on any atom is 0.0320 e. The minimum absolute atomic E-state index is 0.508. The molecule has 19 heavy (non-hydrogen) atoms. The van der Waals surface area contributed by atoms with Crippen molar-refractivity contribution in [2.75, 3.05) is 0 Å². The van der Waals surface area contributed by atoms with Crippen LogP contribution in [0.15, 0.2) is 24.3 Å². The first kappa shape index (κ1) is 14.6. The average molecular weight is 259 g/mol. The van der Waals surface area contributed by atoms with E-state index in [1.807, 2.05) is 0 Å². The van der Waals surface area contributed by atoms with Gasteiger partial charge in [0.25, 0.3) is 0 Å². The van der Waals surface area contributed by atoms with Gasteiger partial charge in [-0.1, -0.05) is 57.0 Å². The second-order valence-corrected chi connectivity index (χ2v) is 6.45. The zero-order valence-corrected chi connectivity index (χ0v) is 12.9. The third kappa shape index (κ3) is 3.60. The van der Waals surface area contributed by atoms with Crippen LogP contribution in [0.25, 0.3) is 0 Å². The Morgan fingerprint density at radius 3 is 2.21 bits per heavy atom. The number of aryl methyl sites for hydroxylation is 1. The molecular formula is C18H29N. The van der Waals surface area contributed by atoms with Crippen molar-refractivity contribution in [2.45, 2.75) is 65.5 Å². The first-order valence-corrected chi connectivity index (χ1v) is 7.94. The summed E-state index contributed by atoms with van der Waals surface area (Å²) in [5, 5.41) is 3.94. The molecule has 1 N–H and O–H groups in total. The summed E-state index contributed by atoms with van der Waals surface area (Å²) in [5.41, 5.74) is 2.79. The molecule has 0 aromatic heterocycles. The molecule has 0 spiro atoms. The number of benzene rings is 1. The van der Waals surface area contributed by atoms with E-state index in [0.29, 0.717) is 12.1 Å². The molecule has 0 aliphatic heterocycles. The summed E-state index contributed by atoms with van der Waals surface area (Å²) < 4.78 is 0. The first-order valence-electron chi connectivity index (χ1n) is 7.94. The predicted octanol–water partition coefficient (Wildman–Crippen LogP) is 4.86. The molecule has 0 bridgehead atoms. The van der Waals surface area contributed by atoms with Gasteiger partial charge in [0.1, 0.15) is 0 Å². The van der Waals surface area contributed by atoms with E-state index in [1.165, 1.54) is 36.8 Å². The Morgan fingerprint density at radius 1 is 1.11 bits per heavy atom. The van der Waals surface area contributed by atoms with Crippen LogP contribution < -0.4 is 5.32 Å². The molecule has 0 radical (unpaired) electrons. The van der Waals surface area contributed by atoms with Crippen molar-refractivity contribution in [3.05, 3.63) is 35.4 Å². The van der Waals surface area contributed by atoms with E-state index in [2.05, 4.69) is 57.3 Å². The lowest BCUT2D eigenvalue weighted by Gasteiger charge is -2.38. The molecule has 106 valence electrons. The lowest BCUT2D eigenvalue weighted by Crippen LogP contribution is -2.44. The van der Waals surface area contributed by atoms with Gasteiger partial charge in [0, 0.05) is 12.1 Å². The van der Waals surface area contributed by atoms with Crippen LogP contribution in [0.1, 0.15) is 63.6 Å². The Kier molecular flexibility index (Phi) is 5.04. The molecule has 0 heterocycles. The van der Waals surface area contributed by atoms with Gasteiger partial charge in [0.15, 0.2) is 0 Å². The van der Waals surface area contributed by atoms with Gasteiger partial charge in [0.2, 0.25) is 0 Å². The summed E-state index contributed by atoms with van der Waals surface area (Å²) in [7, 11) is 0. The normalized spacial score (nSPS) is 29.2. The summed E-state index contributed by atoms with van der Waals surface area (Å²) in [6, 6.07) is 10.2. The average Bonchev–Trinajstić information content (AvgIpc) is 2.40. The molecule has 0 saturated heterocycles. The van der Waals surface area contributed by atoms with E-state index in [1.54, 1.807) is 0 Å². The molecule has 1 aliphatic carbocycles. The Balaban J connectivity index is 2.07. The second kappa shape index (κ2) is 6.56. The molecule has 1 saturated carbocycles. The van der Waals surface area contributed by atoms with Crippen LogP contribution in [0, 0.1) is 18.8 Å². The van der Waals surface area contributed by atoms with Crippen LogP contribution in [0.2, 0.25) is 0 Å². The number of rotatable bonds is 4. The molecule has 3 atom stereocenters. The zero-order valence-electron chi connectivity index (χ0n) is 12.9. The van der Waals surface area contributed by atoms with Gasteiger partial charge >= 0.3 is 0 Å². The minimum Gasteiger partial charge on any atom is -0.307 e. The molecule has 2 rings (SSSR count). The topological polar surface area (TPSA) is 12.0 Å². The number of nitrogens with one attached hydrogen (secondary N) is 1. The Bertz CT molecular complexity index is 371. The van der Waals surface area contributed by atoms with E-state index in [0.717, 1.165) is 11.8 Å². The molecule has 1 aliphatic rings. The SMILES string of the molecule is CCC(NC1C(C)CCCC1C)c1ccc(C)cc1. The third-order valence-electron chi connectivity index (χ3n) is 4.83. The van der Waals surface area contributed by atoms with Crippen molar-refractivity contribution in [3.63, 3.8) is 0 Å². The largest absolute Gasteiger partial charge is 0.307 e. The molecule has 0 amide bonds. The van der Waals surface area contributed by atoms with Crippen LogP contribution in [0.3, 0.4) is 0 Å². The maximum absolute atomic E-state index is 3.94. The van der Waals surface area contributed by atoms with Gasteiger partial charge in [-0.05, 0) is 43.6 Å². The van der Waals surface area contributed by atoms with E-state index >= 15 is 0 Å². The van der Waals surface area contributed by atoms with E-state index in [9.17, 15) is 0 Å². The number of hydrogen-bond acceptors (Lipinski definition) is 1. The van der Waals surface area contributed by atoms with Gasteiger partial charge in [-0.25, -0.2) is 0 Å². The molecule has 3 unspecified atom stereocenters. The highest BCUT2D eigenvalue weighted by Gasteiger charge is 2.29. The van der Waals surface area contributed by atoms with E-state index in [4.69, 9.17) is 0 Å². The van der Waals surface area contributed by atoms with E-state index in [-0.39, 0.29) is 0 Å². The molecule has 1 nitrogen and oxygen atoms in total. The Hall–Kier alpha value is -0.820. The highest BCUT2D eigenvalue weighted by Crippen LogP contribution is 2.31. The second-order valence-electron chi connectivity index (χ2n) is 6.45. The summed E-state index contributed by atoms with van der Waals surface area (Å²) in [5.74, 6) is 1.62. The Morgan fingerprint density at radius 2 is 1.68 bits per heavy atom. The van der Waals surface area contributed by atoms with Gasteiger partial charge in [0.05, 0.1) is 0 Å². The highest BCUT2D eigenvalue weighted by molar-refractivity contribution is 5.24. The highest BCUT2D eigenvalue weighted by atomic mass is 15.0. The minimum atomic E-state index is 0.508. The van der Waals surface area contributed by atoms with Crippen molar-refractivity contribution in [1.29, 1.82) is 0 Å². The Labute approximate surface area is 118 Å². The summed E-state index contributed by atoms with van der Waals surface area (Å²) in [6.45, 7) is 9.27. The van der Waals surface area contributed by atoms with Crippen molar-refractivity contribution in [3.8, 4) is 0 Å². The fraction of sp³-hybridized carbons (Fsp3) is 0.667. The molecule has 1 aromatic rings. The smallest absolute Gasteiger partial charge is 0.0320 e. The standard InChI is InChI=1S/C18H29N/c1-5-17(16-11-9-13(2)10-12-16)19-18-14(3)7-6-8-15(18)4/h9-12,14-15,17-19H,5-8H2,1-4H3. The maximum atomic E-state index is 3.94. The van der Waals surface area contributed by atoms with Crippen molar-refractivity contribution < 1.29 is 0 Å². The summed E-state index contributed by atoms with van der Waals surface area (Å²) in [6.07, 6.45) is 5.33. The lowest BCUT2D eigenvalue weighted by molar-refractivity contribution is 0.191. The van der Waals surface area contributed by atoms with E-state index < -0.39 is 0 Å². The first-order chi connectivity index (χ1) is 9.11. The van der Waals surface area contributed by atoms with Crippen molar-refractivity contribution in [2.24, 2.45) is 11.8 Å². The van der Waals surface area contributed by atoms with Crippen LogP contribution in [-0.4, -0.2) is 6.04 Å². The fourth-order valence-corrected chi connectivity index (χ4v) is 3.49. The fourth-order valence-electron chi connectivity index (χ4n) is 3.49. The van der Waals surface area contributed by atoms with Crippen LogP contribution in [-0.2, 0) is 0 Å². The van der Waals surface area contributed by atoms with Gasteiger partial charge < -0.3 is 5.32 Å². The number of hydrogen-bond donors (Lipinski definition) is 1. The zero-order chi connectivity index (χ0) is 13.8. The van der Waals surface area contributed by atoms with Gasteiger partial charge in [-0.2, -0.15) is 0 Å². The monoisotopic (exact) mass is 259 g/mol. The molecule has 1 heteroatoms. The molecule has 1 aromatic carbocycles. The van der Waals surface area contributed by atoms with Gasteiger partial charge in [-0.3, -0.25) is 0 Å². The van der Waals surface area contributed by atoms with Crippen LogP contribution in [0.5, 0.6) is 0 Å². The lowest BCUT2D eigenvalue weighted by atomic mass is 9.78. The van der Waals surface area contributed by atoms with Crippen LogP contribution >= 0.6 is 0 Å². The third-order valence-corrected chi connectivity index (χ3v) is 4.83. The molecule has 1 fully saturated rings. The summed E-state index contributed by atoms with van der Waals surface area (Å²) >= 11 is 0. The quantitative estimate of drug-likeness (QED) is 0.814. The summed E-state index contributed by atoms with van der Waals surface area (Å²) in [4.78, 5) is 0. The van der Waals surface area contributed by atoms with Gasteiger partial charge in [-0.15, -0.1) is 0 Å². The van der Waals surface area contributed by atoms with Crippen molar-refractivity contribution >= 4 is 0 Å². The predicted molar refractivity (Wildman–Crippen MR) is 83.3 cm³/mol. The van der Waals surface area contributed by atoms with Crippen molar-refractivity contribution in [1.82, 2.24) is 5.32 Å². The molecular weight excluding hydrogens is 230 g/mol.